The van der Waals surface area contributed by atoms with Crippen molar-refractivity contribution in [2.45, 2.75) is 6.42 Å². The van der Waals surface area contributed by atoms with Crippen LogP contribution in [0.3, 0.4) is 0 Å². The van der Waals surface area contributed by atoms with Crippen molar-refractivity contribution in [3.63, 3.8) is 0 Å². The maximum Gasteiger partial charge on any atom is 0.283 e. The van der Waals surface area contributed by atoms with Crippen LogP contribution in [0, 0.1) is 5.41 Å². The number of hydrogen-bond donors (Lipinski definition) is 1. The van der Waals surface area contributed by atoms with Gasteiger partial charge in [-0.2, -0.15) is 15.1 Å². The van der Waals surface area contributed by atoms with E-state index in [0.29, 0.717) is 34.9 Å². The van der Waals surface area contributed by atoms with Gasteiger partial charge in [-0.1, -0.05) is 54.6 Å². The minimum absolute atomic E-state index is 0.0265. The number of fused-ring (bicyclic) bond motifs is 1. The summed E-state index contributed by atoms with van der Waals surface area (Å²) in [7, 11) is 0. The largest absolute Gasteiger partial charge is 0.490 e. The Morgan fingerprint density at radius 2 is 1.62 bits per heavy atom. The molecule has 2 aliphatic heterocycles. The molecule has 0 aliphatic carbocycles. The van der Waals surface area contributed by atoms with Crippen LogP contribution in [0.4, 0.5) is 0 Å². The third-order valence-electron chi connectivity index (χ3n) is 5.74. The summed E-state index contributed by atoms with van der Waals surface area (Å²) in [5.41, 5.74) is 1.99. The van der Waals surface area contributed by atoms with Crippen LogP contribution in [0.25, 0.3) is 6.08 Å². The molecule has 0 unspecified atom stereocenters. The number of carbonyl (C=O) groups is 1. The molecule has 0 aromatic heterocycles. The number of amidine groups is 2. The van der Waals surface area contributed by atoms with Gasteiger partial charge in [0.1, 0.15) is 42.1 Å². The van der Waals surface area contributed by atoms with Gasteiger partial charge >= 0.3 is 0 Å². The van der Waals surface area contributed by atoms with E-state index in [4.69, 9.17) is 19.6 Å². The molecule has 0 saturated carbocycles. The van der Waals surface area contributed by atoms with E-state index in [9.17, 15) is 4.79 Å². The van der Waals surface area contributed by atoms with E-state index in [2.05, 4.69) is 16.7 Å². The summed E-state index contributed by atoms with van der Waals surface area (Å²) in [5, 5.41) is 15.3. The van der Waals surface area contributed by atoms with Gasteiger partial charge in [0, 0.05) is 0 Å². The van der Waals surface area contributed by atoms with Crippen LogP contribution in [-0.4, -0.2) is 46.8 Å². The molecule has 0 bridgehead atoms. The Morgan fingerprint density at radius 1 is 0.897 bits per heavy atom. The average molecular weight is 539 g/mol. The molecule has 0 spiro atoms. The number of hydrogen-bond acceptors (Lipinski definition) is 7. The van der Waals surface area contributed by atoms with Gasteiger partial charge in [0.05, 0.1) is 5.57 Å². The third kappa shape index (κ3) is 6.45. The van der Waals surface area contributed by atoms with Crippen LogP contribution in [0.15, 0.2) is 107 Å². The molecule has 9 heteroatoms. The molecule has 8 nitrogen and oxygen atoms in total. The molecule has 0 radical (unpaired) electrons. The lowest BCUT2D eigenvalue weighted by Crippen LogP contribution is -2.35. The summed E-state index contributed by atoms with van der Waals surface area (Å²) in [5.74, 6) is 1.71. The van der Waals surface area contributed by atoms with Crippen molar-refractivity contribution >= 4 is 39.8 Å². The number of aliphatic imine (C=N–C) groups is 1. The first-order valence-corrected chi connectivity index (χ1v) is 13.1. The number of nitrogens with one attached hydrogen (secondary N) is 1. The molecule has 2 aliphatic rings. The fourth-order valence-corrected chi connectivity index (χ4v) is 4.66. The number of rotatable bonds is 11. The number of nitrogens with zero attached hydrogens (tertiary/aromatic N) is 3. The number of benzene rings is 3. The Kier molecular flexibility index (Phi) is 8.18. The molecule has 39 heavy (non-hydrogen) atoms. The Labute approximate surface area is 230 Å². The van der Waals surface area contributed by atoms with Crippen LogP contribution in [0.2, 0.25) is 0 Å². The summed E-state index contributed by atoms with van der Waals surface area (Å²) in [6, 6.07) is 24.5. The van der Waals surface area contributed by atoms with E-state index >= 15 is 0 Å². The molecule has 5 rings (SSSR count). The Bertz CT molecular complexity index is 1470. The predicted molar refractivity (Wildman–Crippen MR) is 155 cm³/mol. The number of allylic oxidation sites excluding steroid dienone is 1. The zero-order valence-electron chi connectivity index (χ0n) is 21.1. The highest BCUT2D eigenvalue weighted by Gasteiger charge is 2.35. The smallest absolute Gasteiger partial charge is 0.283 e. The fourth-order valence-electron chi connectivity index (χ4n) is 3.86. The van der Waals surface area contributed by atoms with Gasteiger partial charge < -0.3 is 14.2 Å². The second-order valence-corrected chi connectivity index (χ2v) is 9.52. The minimum atomic E-state index is -0.478. The van der Waals surface area contributed by atoms with Gasteiger partial charge in [0.15, 0.2) is 5.84 Å². The normalized spacial score (nSPS) is 15.5. The lowest BCUT2D eigenvalue weighted by molar-refractivity contribution is -0.114. The minimum Gasteiger partial charge on any atom is -0.490 e. The lowest BCUT2D eigenvalue weighted by atomic mass is 10.1. The van der Waals surface area contributed by atoms with Crippen molar-refractivity contribution in [1.82, 2.24) is 5.01 Å². The summed E-state index contributed by atoms with van der Waals surface area (Å²) >= 11 is 1.22. The topological polar surface area (TPSA) is 96.6 Å². The SMILES string of the molecule is C=CCc1ccccc1OCCOc1ccc(/C=C2/C(=N)N3N=C(COc4ccccc4)SC3=NC2=O)cc1. The van der Waals surface area contributed by atoms with Crippen LogP contribution in [-0.2, 0) is 11.2 Å². The fraction of sp³-hybridized carbons (Fsp3) is 0.133. The van der Waals surface area contributed by atoms with E-state index in [0.717, 1.165) is 23.3 Å². The summed E-state index contributed by atoms with van der Waals surface area (Å²) < 4.78 is 17.4. The molecule has 0 atom stereocenters. The van der Waals surface area contributed by atoms with Crippen molar-refractivity contribution in [2.24, 2.45) is 10.1 Å². The van der Waals surface area contributed by atoms with Crippen molar-refractivity contribution < 1.29 is 19.0 Å². The first-order valence-electron chi connectivity index (χ1n) is 12.3. The Balaban J connectivity index is 1.16. The number of thioether (sulfide) groups is 1. The summed E-state index contributed by atoms with van der Waals surface area (Å²) in [6.45, 7) is 4.79. The van der Waals surface area contributed by atoms with Crippen molar-refractivity contribution in [1.29, 1.82) is 5.41 Å². The van der Waals surface area contributed by atoms with E-state index in [1.54, 1.807) is 6.08 Å². The number of ether oxygens (including phenoxy) is 3. The lowest BCUT2D eigenvalue weighted by Gasteiger charge is -2.20. The van der Waals surface area contributed by atoms with E-state index < -0.39 is 5.91 Å². The standard InChI is InChI=1S/C30H26N4O4S/c1-2-8-22-9-6-7-12-26(22)37-18-17-36-24-15-13-21(14-16-24)19-25-28(31)34-30(32-29(25)35)39-27(33-34)20-38-23-10-4-3-5-11-23/h2-7,9-16,19,31H,1,8,17-18,20H2/b25-19-,31-28?. The van der Waals surface area contributed by atoms with Gasteiger partial charge in [0.2, 0.25) is 5.17 Å². The van der Waals surface area contributed by atoms with Crippen LogP contribution in [0.5, 0.6) is 17.2 Å². The molecule has 1 N–H and O–H groups in total. The Morgan fingerprint density at radius 3 is 2.41 bits per heavy atom. The number of carbonyl (C=O) groups excluding carboxylic acids is 1. The molecular formula is C30H26N4O4S. The average Bonchev–Trinajstić information content (AvgIpc) is 3.37. The molecule has 3 aromatic rings. The number of amides is 1. The summed E-state index contributed by atoms with van der Waals surface area (Å²) in [6.07, 6.45) is 4.22. The quantitative estimate of drug-likeness (QED) is 0.195. The number of hydrazone groups is 1. The van der Waals surface area contributed by atoms with Crippen molar-refractivity contribution in [3.8, 4) is 17.2 Å². The molecular weight excluding hydrogens is 512 g/mol. The van der Waals surface area contributed by atoms with Crippen molar-refractivity contribution in [3.05, 3.63) is 108 Å². The highest BCUT2D eigenvalue weighted by Crippen LogP contribution is 2.29. The molecule has 196 valence electrons. The second kappa shape index (κ2) is 12.3. The zero-order valence-corrected chi connectivity index (χ0v) is 21.9. The molecule has 0 fully saturated rings. The van der Waals surface area contributed by atoms with Gasteiger partial charge in [-0.05, 0) is 65.7 Å². The van der Waals surface area contributed by atoms with E-state index in [1.807, 2.05) is 84.9 Å². The second-order valence-electron chi connectivity index (χ2n) is 8.48. The van der Waals surface area contributed by atoms with Gasteiger partial charge in [-0.15, -0.1) is 6.58 Å². The van der Waals surface area contributed by atoms with Gasteiger partial charge in [-0.25, -0.2) is 0 Å². The maximum absolute atomic E-state index is 12.7. The zero-order chi connectivity index (χ0) is 27.0. The molecule has 0 saturated heterocycles. The molecule has 3 aromatic carbocycles. The predicted octanol–water partition coefficient (Wildman–Crippen LogP) is 5.57. The Hall–Kier alpha value is -4.63. The van der Waals surface area contributed by atoms with Crippen LogP contribution < -0.4 is 14.2 Å². The monoisotopic (exact) mass is 538 g/mol. The van der Waals surface area contributed by atoms with E-state index in [-0.39, 0.29) is 18.0 Å². The van der Waals surface area contributed by atoms with Crippen molar-refractivity contribution in [2.75, 3.05) is 19.8 Å². The first-order chi connectivity index (χ1) is 19.1. The third-order valence-corrected chi connectivity index (χ3v) is 6.62. The van der Waals surface area contributed by atoms with Crippen LogP contribution >= 0.6 is 11.8 Å². The summed E-state index contributed by atoms with van der Waals surface area (Å²) in [4.78, 5) is 16.8. The highest BCUT2D eigenvalue weighted by molar-refractivity contribution is 8.27. The van der Waals surface area contributed by atoms with Crippen LogP contribution in [0.1, 0.15) is 11.1 Å². The maximum atomic E-state index is 12.7. The molecule has 2 heterocycles. The van der Waals surface area contributed by atoms with E-state index in [1.165, 1.54) is 16.8 Å². The molecule has 1 amide bonds. The first kappa shape index (κ1) is 26.0. The highest BCUT2D eigenvalue weighted by atomic mass is 32.2. The van der Waals surface area contributed by atoms with Gasteiger partial charge in [0.25, 0.3) is 5.91 Å². The number of para-hydroxylation sites is 2. The van der Waals surface area contributed by atoms with Gasteiger partial charge in [-0.3, -0.25) is 10.2 Å².